The molecule has 1 amide bonds. The second kappa shape index (κ2) is 6.07. The first-order valence-electron chi connectivity index (χ1n) is 6.16. The number of anilines is 2. The van der Waals surface area contributed by atoms with Crippen LogP contribution in [0.1, 0.15) is 21.5 Å². The quantitative estimate of drug-likeness (QED) is 0.593. The Bertz CT molecular complexity index is 656. The number of carbonyl (C=O) groups is 1. The fourth-order valence-electron chi connectivity index (χ4n) is 1.90. The largest absolute Gasteiger partial charge is 0.323 e. The average Bonchev–Trinajstić information content (AvgIpc) is 2.43. The summed E-state index contributed by atoms with van der Waals surface area (Å²) in [6.07, 6.45) is 0. The van der Waals surface area contributed by atoms with E-state index in [-0.39, 0.29) is 5.91 Å². The Morgan fingerprint density at radius 2 is 1.90 bits per heavy atom. The maximum Gasteiger partial charge on any atom is 0.257 e. The zero-order valence-corrected chi connectivity index (χ0v) is 12.9. The summed E-state index contributed by atoms with van der Waals surface area (Å²) in [7, 11) is 0. The minimum atomic E-state index is -0.192. The van der Waals surface area contributed by atoms with Gasteiger partial charge in [-0.1, -0.05) is 33.6 Å². The number of hydrogen-bond donors (Lipinski definition) is 3. The van der Waals surface area contributed by atoms with Crippen molar-refractivity contribution in [1.82, 2.24) is 0 Å². The maximum absolute atomic E-state index is 12.4. The summed E-state index contributed by atoms with van der Waals surface area (Å²) in [6.45, 7) is 3.87. The predicted molar refractivity (Wildman–Crippen MR) is 85.8 cm³/mol. The number of hydrazine groups is 1. The molecule has 0 aromatic heterocycles. The van der Waals surface area contributed by atoms with E-state index in [1.165, 1.54) is 0 Å². The smallest absolute Gasteiger partial charge is 0.257 e. The van der Waals surface area contributed by atoms with Crippen molar-refractivity contribution < 1.29 is 4.79 Å². The molecule has 0 fully saturated rings. The van der Waals surface area contributed by atoms with E-state index >= 15 is 0 Å². The molecular formula is C15H16BrN3O. The van der Waals surface area contributed by atoms with Crippen molar-refractivity contribution in [2.75, 3.05) is 10.7 Å². The molecule has 0 saturated carbocycles. The summed E-state index contributed by atoms with van der Waals surface area (Å²) in [5, 5.41) is 2.90. The summed E-state index contributed by atoms with van der Waals surface area (Å²) in [5.74, 6) is 5.26. The van der Waals surface area contributed by atoms with Crippen molar-refractivity contribution in [3.05, 3.63) is 57.6 Å². The number of hydrogen-bond acceptors (Lipinski definition) is 3. The number of nitrogen functional groups attached to an aromatic ring is 1. The highest BCUT2D eigenvalue weighted by Crippen LogP contribution is 2.25. The van der Waals surface area contributed by atoms with Crippen molar-refractivity contribution in [2.45, 2.75) is 13.8 Å². The van der Waals surface area contributed by atoms with Gasteiger partial charge in [-0.15, -0.1) is 0 Å². The maximum atomic E-state index is 12.4. The van der Waals surface area contributed by atoms with Gasteiger partial charge in [-0.05, 0) is 43.7 Å². The van der Waals surface area contributed by atoms with Crippen LogP contribution in [-0.4, -0.2) is 5.91 Å². The first kappa shape index (κ1) is 14.6. The molecule has 104 valence electrons. The summed E-state index contributed by atoms with van der Waals surface area (Å²) >= 11 is 3.45. The molecule has 0 heterocycles. The number of benzene rings is 2. The van der Waals surface area contributed by atoms with E-state index in [0.29, 0.717) is 11.3 Å². The van der Waals surface area contributed by atoms with Crippen LogP contribution < -0.4 is 16.6 Å². The standard InChI is InChI=1S/C15H16BrN3O/c1-9-6-7-14(19-17)11(8-9)15(20)18-13-5-3-4-12(16)10(13)2/h3-8,19H,17H2,1-2H3,(H,18,20). The van der Waals surface area contributed by atoms with Crippen LogP contribution in [0.25, 0.3) is 0 Å². The lowest BCUT2D eigenvalue weighted by Crippen LogP contribution is -2.18. The molecule has 2 rings (SSSR count). The van der Waals surface area contributed by atoms with Gasteiger partial charge in [-0.25, -0.2) is 0 Å². The lowest BCUT2D eigenvalue weighted by Gasteiger charge is -2.12. The van der Waals surface area contributed by atoms with Crippen molar-refractivity contribution in [2.24, 2.45) is 5.84 Å². The minimum absolute atomic E-state index is 0.192. The molecule has 0 bridgehead atoms. The molecule has 0 radical (unpaired) electrons. The Morgan fingerprint density at radius 1 is 1.15 bits per heavy atom. The molecule has 5 heteroatoms. The van der Waals surface area contributed by atoms with Gasteiger partial charge < -0.3 is 10.7 Å². The molecular weight excluding hydrogens is 318 g/mol. The molecule has 0 atom stereocenters. The summed E-state index contributed by atoms with van der Waals surface area (Å²) in [6, 6.07) is 11.2. The lowest BCUT2D eigenvalue weighted by atomic mass is 10.1. The summed E-state index contributed by atoms with van der Waals surface area (Å²) < 4.78 is 0.955. The Morgan fingerprint density at radius 3 is 2.60 bits per heavy atom. The van der Waals surface area contributed by atoms with Crippen LogP contribution in [0.4, 0.5) is 11.4 Å². The van der Waals surface area contributed by atoms with Gasteiger partial charge in [0.2, 0.25) is 0 Å². The van der Waals surface area contributed by atoms with E-state index in [1.54, 1.807) is 12.1 Å². The molecule has 2 aromatic rings. The van der Waals surface area contributed by atoms with E-state index in [2.05, 4.69) is 26.7 Å². The van der Waals surface area contributed by atoms with Crippen LogP contribution in [0.15, 0.2) is 40.9 Å². The van der Waals surface area contributed by atoms with Crippen LogP contribution in [0.3, 0.4) is 0 Å². The van der Waals surface area contributed by atoms with Gasteiger partial charge in [0.15, 0.2) is 0 Å². The second-order valence-corrected chi connectivity index (χ2v) is 5.41. The highest BCUT2D eigenvalue weighted by atomic mass is 79.9. The molecule has 20 heavy (non-hydrogen) atoms. The van der Waals surface area contributed by atoms with Crippen molar-refractivity contribution in [1.29, 1.82) is 0 Å². The fraction of sp³-hybridized carbons (Fsp3) is 0.133. The van der Waals surface area contributed by atoms with E-state index in [1.807, 2.05) is 38.1 Å². The Balaban J connectivity index is 2.33. The van der Waals surface area contributed by atoms with Gasteiger partial charge >= 0.3 is 0 Å². The molecule has 4 nitrogen and oxygen atoms in total. The second-order valence-electron chi connectivity index (χ2n) is 4.56. The van der Waals surface area contributed by atoms with Crippen molar-refractivity contribution >= 4 is 33.2 Å². The minimum Gasteiger partial charge on any atom is -0.323 e. The van der Waals surface area contributed by atoms with Gasteiger partial charge in [-0.3, -0.25) is 10.6 Å². The summed E-state index contributed by atoms with van der Waals surface area (Å²) in [5.41, 5.74) is 6.42. The molecule has 0 aliphatic heterocycles. The van der Waals surface area contributed by atoms with E-state index < -0.39 is 0 Å². The Kier molecular flexibility index (Phi) is 4.42. The van der Waals surface area contributed by atoms with Gasteiger partial charge in [0.25, 0.3) is 5.91 Å². The molecule has 4 N–H and O–H groups in total. The predicted octanol–water partition coefficient (Wildman–Crippen LogP) is 3.60. The van der Waals surface area contributed by atoms with Gasteiger partial charge in [0, 0.05) is 10.2 Å². The van der Waals surface area contributed by atoms with Gasteiger partial charge in [0.05, 0.1) is 11.3 Å². The van der Waals surface area contributed by atoms with Crippen molar-refractivity contribution in [3.8, 4) is 0 Å². The number of aryl methyl sites for hydroxylation is 1. The highest BCUT2D eigenvalue weighted by Gasteiger charge is 2.13. The molecule has 0 saturated heterocycles. The van der Waals surface area contributed by atoms with Crippen LogP contribution in [0.2, 0.25) is 0 Å². The van der Waals surface area contributed by atoms with Crippen LogP contribution in [0, 0.1) is 13.8 Å². The van der Waals surface area contributed by atoms with E-state index in [9.17, 15) is 4.79 Å². The number of rotatable bonds is 3. The molecule has 2 aromatic carbocycles. The summed E-state index contributed by atoms with van der Waals surface area (Å²) in [4.78, 5) is 12.4. The number of amides is 1. The third-order valence-corrected chi connectivity index (χ3v) is 3.95. The Hall–Kier alpha value is -1.85. The first-order chi connectivity index (χ1) is 9.52. The lowest BCUT2D eigenvalue weighted by molar-refractivity contribution is 0.102. The molecule has 0 unspecified atom stereocenters. The first-order valence-corrected chi connectivity index (χ1v) is 6.96. The molecule has 0 aliphatic carbocycles. The third kappa shape index (κ3) is 3.00. The van der Waals surface area contributed by atoms with Crippen LogP contribution >= 0.6 is 15.9 Å². The molecule has 0 spiro atoms. The third-order valence-electron chi connectivity index (χ3n) is 3.09. The van der Waals surface area contributed by atoms with Gasteiger partial charge in [-0.2, -0.15) is 0 Å². The van der Waals surface area contributed by atoms with Gasteiger partial charge in [0.1, 0.15) is 0 Å². The van der Waals surface area contributed by atoms with Crippen molar-refractivity contribution in [3.63, 3.8) is 0 Å². The van der Waals surface area contributed by atoms with E-state index in [4.69, 9.17) is 5.84 Å². The average molecular weight is 334 g/mol. The number of carbonyl (C=O) groups excluding carboxylic acids is 1. The van der Waals surface area contributed by atoms with E-state index in [0.717, 1.165) is 21.3 Å². The fourth-order valence-corrected chi connectivity index (χ4v) is 2.27. The normalized spacial score (nSPS) is 10.2. The monoisotopic (exact) mass is 333 g/mol. The van der Waals surface area contributed by atoms with Crippen LogP contribution in [-0.2, 0) is 0 Å². The number of halogens is 1. The SMILES string of the molecule is Cc1ccc(NN)c(C(=O)Nc2cccc(Br)c2C)c1. The molecule has 0 aliphatic rings. The number of nitrogens with two attached hydrogens (primary N) is 1. The zero-order chi connectivity index (χ0) is 14.7. The Labute approximate surface area is 126 Å². The number of nitrogens with one attached hydrogen (secondary N) is 2. The highest BCUT2D eigenvalue weighted by molar-refractivity contribution is 9.10. The topological polar surface area (TPSA) is 67.1 Å². The zero-order valence-electron chi connectivity index (χ0n) is 11.3. The van der Waals surface area contributed by atoms with Crippen LogP contribution in [0.5, 0.6) is 0 Å².